The smallest absolute Gasteiger partial charge is 0.248 e. The Morgan fingerprint density at radius 2 is 1.74 bits per heavy atom. The highest BCUT2D eigenvalue weighted by Gasteiger charge is 2.13. The predicted molar refractivity (Wildman–Crippen MR) is 116 cm³/mol. The zero-order valence-electron chi connectivity index (χ0n) is 16.5. The van der Waals surface area contributed by atoms with E-state index in [1.807, 2.05) is 0 Å². The number of fused-ring (bicyclic) bond motifs is 1. The number of hydrogen-bond donors (Lipinski definition) is 2. The fourth-order valence-electron chi connectivity index (χ4n) is 3.11. The van der Waals surface area contributed by atoms with Crippen LogP contribution in [-0.4, -0.2) is 26.6 Å². The molecular weight excluding hydrogens is 397 g/mol. The molecule has 0 spiro atoms. The number of carbonyl (C=O) groups excluding carboxylic acids is 2. The van der Waals surface area contributed by atoms with Gasteiger partial charge in [-0.25, -0.2) is 9.37 Å². The van der Waals surface area contributed by atoms with Crippen molar-refractivity contribution in [1.82, 2.24) is 9.71 Å². The zero-order valence-corrected chi connectivity index (χ0v) is 16.5. The van der Waals surface area contributed by atoms with Crippen LogP contribution in [0.5, 0.6) is 0 Å². The van der Waals surface area contributed by atoms with E-state index in [9.17, 15) is 19.2 Å². The first-order valence-corrected chi connectivity index (χ1v) is 9.48. The second-order valence-corrected chi connectivity index (χ2v) is 6.96. The SMILES string of the molecule is CC(=O)c1ccc(/C=C/C(=O)Nc2ccc(-c3nc4ccc(F)cc4n3O)cc2)cc1. The van der Waals surface area contributed by atoms with Crippen molar-refractivity contribution in [3.8, 4) is 11.4 Å². The number of imidazole rings is 1. The van der Waals surface area contributed by atoms with Gasteiger partial charge in [-0.2, -0.15) is 4.73 Å². The third-order valence-electron chi connectivity index (χ3n) is 4.75. The molecule has 0 bridgehead atoms. The first-order valence-electron chi connectivity index (χ1n) is 9.48. The summed E-state index contributed by atoms with van der Waals surface area (Å²) in [6.45, 7) is 1.50. The monoisotopic (exact) mass is 415 g/mol. The summed E-state index contributed by atoms with van der Waals surface area (Å²) in [4.78, 5) is 27.8. The van der Waals surface area contributed by atoms with Crippen molar-refractivity contribution in [2.24, 2.45) is 0 Å². The Kier molecular flexibility index (Phi) is 5.32. The fourth-order valence-corrected chi connectivity index (χ4v) is 3.11. The van der Waals surface area contributed by atoms with Crippen molar-refractivity contribution in [2.75, 3.05) is 5.32 Å². The summed E-state index contributed by atoms with van der Waals surface area (Å²) in [6, 6.07) is 17.7. The minimum absolute atomic E-state index is 0.0133. The van der Waals surface area contributed by atoms with E-state index in [4.69, 9.17) is 0 Å². The van der Waals surface area contributed by atoms with E-state index in [2.05, 4.69) is 10.3 Å². The van der Waals surface area contributed by atoms with Gasteiger partial charge in [0.2, 0.25) is 5.91 Å². The fraction of sp³-hybridized carbons (Fsp3) is 0.0417. The Balaban J connectivity index is 1.45. The molecular formula is C24H18FN3O3. The van der Waals surface area contributed by atoms with E-state index < -0.39 is 5.82 Å². The number of amides is 1. The van der Waals surface area contributed by atoms with Gasteiger partial charge in [0.25, 0.3) is 0 Å². The number of hydrogen-bond acceptors (Lipinski definition) is 4. The topological polar surface area (TPSA) is 84.2 Å². The van der Waals surface area contributed by atoms with Crippen LogP contribution in [-0.2, 0) is 4.79 Å². The standard InChI is InChI=1S/C24H18FN3O3/c1-15(29)17-5-2-16(3-6-17)4-13-23(30)26-20-10-7-18(8-11-20)24-27-21-12-9-19(25)14-22(21)28(24)31/h2-14,31H,1H3,(H,26,30)/b13-4+. The van der Waals surface area contributed by atoms with E-state index in [1.54, 1.807) is 54.6 Å². The molecule has 1 heterocycles. The molecule has 0 unspecified atom stereocenters. The molecule has 0 atom stereocenters. The molecule has 0 saturated heterocycles. The molecule has 31 heavy (non-hydrogen) atoms. The maximum Gasteiger partial charge on any atom is 0.248 e. The Morgan fingerprint density at radius 3 is 2.42 bits per heavy atom. The van der Waals surface area contributed by atoms with Gasteiger partial charge in [-0.1, -0.05) is 24.3 Å². The summed E-state index contributed by atoms with van der Waals surface area (Å²) in [5, 5.41) is 13.0. The van der Waals surface area contributed by atoms with Gasteiger partial charge in [0.1, 0.15) is 11.3 Å². The third-order valence-corrected chi connectivity index (χ3v) is 4.75. The number of carbonyl (C=O) groups is 2. The number of anilines is 1. The lowest BCUT2D eigenvalue weighted by atomic mass is 10.1. The van der Waals surface area contributed by atoms with Gasteiger partial charge in [-0.3, -0.25) is 9.59 Å². The van der Waals surface area contributed by atoms with Crippen LogP contribution >= 0.6 is 0 Å². The number of rotatable bonds is 5. The highest BCUT2D eigenvalue weighted by atomic mass is 19.1. The Hall–Kier alpha value is -4.26. The van der Waals surface area contributed by atoms with Gasteiger partial charge in [-0.15, -0.1) is 0 Å². The largest absolute Gasteiger partial charge is 0.426 e. The molecule has 0 aliphatic rings. The molecule has 0 radical (unpaired) electrons. The summed E-state index contributed by atoms with van der Waals surface area (Å²) in [6.07, 6.45) is 3.05. The number of aromatic nitrogens is 2. The molecule has 3 aromatic carbocycles. The molecule has 7 heteroatoms. The lowest BCUT2D eigenvalue weighted by Gasteiger charge is -2.05. The normalized spacial score (nSPS) is 11.2. The van der Waals surface area contributed by atoms with E-state index in [0.717, 1.165) is 10.3 Å². The van der Waals surface area contributed by atoms with Gasteiger partial charge < -0.3 is 10.5 Å². The Morgan fingerprint density at radius 1 is 1.03 bits per heavy atom. The van der Waals surface area contributed by atoms with Crippen LogP contribution in [0.15, 0.2) is 72.8 Å². The Labute approximate surface area is 177 Å². The van der Waals surface area contributed by atoms with E-state index in [1.165, 1.54) is 31.2 Å². The molecule has 0 saturated carbocycles. The van der Waals surface area contributed by atoms with Crippen molar-refractivity contribution in [3.05, 3.63) is 89.8 Å². The molecule has 6 nitrogen and oxygen atoms in total. The van der Waals surface area contributed by atoms with Gasteiger partial charge >= 0.3 is 0 Å². The lowest BCUT2D eigenvalue weighted by Crippen LogP contribution is -2.07. The quantitative estimate of drug-likeness (QED) is 0.275. The van der Waals surface area contributed by atoms with Gasteiger partial charge in [-0.05, 0) is 55.0 Å². The summed E-state index contributed by atoms with van der Waals surface area (Å²) >= 11 is 0. The average molecular weight is 415 g/mol. The molecule has 4 rings (SSSR count). The molecule has 0 fully saturated rings. The number of nitrogens with one attached hydrogen (secondary N) is 1. The maximum atomic E-state index is 13.4. The van der Waals surface area contributed by atoms with Crippen LogP contribution in [0.2, 0.25) is 0 Å². The average Bonchev–Trinajstić information content (AvgIpc) is 3.09. The second kappa shape index (κ2) is 8.23. The summed E-state index contributed by atoms with van der Waals surface area (Å²) in [7, 11) is 0. The van der Waals surface area contributed by atoms with Crippen LogP contribution in [0.1, 0.15) is 22.8 Å². The predicted octanol–water partition coefficient (Wildman–Crippen LogP) is 4.93. The molecule has 0 aliphatic heterocycles. The highest BCUT2D eigenvalue weighted by molar-refractivity contribution is 6.02. The number of Topliss-reactive ketones (excluding diaryl/α,β-unsaturated/α-hetero) is 1. The van der Waals surface area contributed by atoms with Gasteiger partial charge in [0.15, 0.2) is 11.6 Å². The lowest BCUT2D eigenvalue weighted by molar-refractivity contribution is -0.111. The number of ketones is 1. The summed E-state index contributed by atoms with van der Waals surface area (Å²) in [5.41, 5.74) is 3.33. The van der Waals surface area contributed by atoms with Crippen molar-refractivity contribution in [3.63, 3.8) is 0 Å². The Bertz CT molecular complexity index is 1310. The first-order chi connectivity index (χ1) is 14.9. The number of nitrogens with zero attached hydrogens (tertiary/aromatic N) is 2. The molecule has 1 aromatic heterocycles. The van der Waals surface area contributed by atoms with Crippen molar-refractivity contribution in [1.29, 1.82) is 0 Å². The van der Waals surface area contributed by atoms with Crippen molar-refractivity contribution < 1.29 is 19.2 Å². The molecule has 4 aromatic rings. The maximum absolute atomic E-state index is 13.4. The summed E-state index contributed by atoms with van der Waals surface area (Å²) in [5.74, 6) is -0.517. The summed E-state index contributed by atoms with van der Waals surface area (Å²) < 4.78 is 14.3. The van der Waals surface area contributed by atoms with E-state index in [-0.39, 0.29) is 23.0 Å². The second-order valence-electron chi connectivity index (χ2n) is 6.96. The van der Waals surface area contributed by atoms with Crippen LogP contribution in [0.25, 0.3) is 28.5 Å². The van der Waals surface area contributed by atoms with Crippen molar-refractivity contribution >= 4 is 34.5 Å². The zero-order chi connectivity index (χ0) is 22.0. The number of halogens is 1. The minimum atomic E-state index is -0.463. The molecule has 1 amide bonds. The van der Waals surface area contributed by atoms with E-state index in [0.29, 0.717) is 22.3 Å². The number of benzene rings is 3. The van der Waals surface area contributed by atoms with Crippen LogP contribution in [0.4, 0.5) is 10.1 Å². The van der Waals surface area contributed by atoms with E-state index >= 15 is 0 Å². The van der Waals surface area contributed by atoms with Gasteiger partial charge in [0, 0.05) is 29.0 Å². The van der Waals surface area contributed by atoms with Crippen LogP contribution < -0.4 is 5.32 Å². The molecule has 154 valence electrons. The van der Waals surface area contributed by atoms with Gasteiger partial charge in [0.05, 0.1) is 5.52 Å². The minimum Gasteiger partial charge on any atom is -0.426 e. The first kappa shape index (κ1) is 20.0. The molecule has 2 N–H and O–H groups in total. The highest BCUT2D eigenvalue weighted by Crippen LogP contribution is 2.25. The van der Waals surface area contributed by atoms with Crippen LogP contribution in [0, 0.1) is 5.82 Å². The van der Waals surface area contributed by atoms with Crippen molar-refractivity contribution in [2.45, 2.75) is 6.92 Å². The molecule has 0 aliphatic carbocycles. The third kappa shape index (κ3) is 4.35. The van der Waals surface area contributed by atoms with Crippen LogP contribution in [0.3, 0.4) is 0 Å².